The molecular weight excluding hydrogens is 340 g/mol. The average Bonchev–Trinajstić information content (AvgIpc) is 2.67. The zero-order valence-corrected chi connectivity index (χ0v) is 14.5. The zero-order chi connectivity index (χ0) is 19.4. The average molecular weight is 356 g/mol. The van der Waals surface area contributed by atoms with Crippen LogP contribution in [0.1, 0.15) is 28.4 Å². The Hall–Kier alpha value is -3.98. The van der Waals surface area contributed by atoms with Crippen molar-refractivity contribution in [1.82, 2.24) is 0 Å². The molecule has 0 saturated heterocycles. The summed E-state index contributed by atoms with van der Waals surface area (Å²) in [5, 5.41) is 20.8. The van der Waals surface area contributed by atoms with Crippen molar-refractivity contribution in [3.8, 4) is 12.3 Å². The number of aromatic carboxylic acids is 1. The third-order valence-electron chi connectivity index (χ3n) is 3.92. The number of rotatable bonds is 3. The Morgan fingerprint density at radius 2 is 2.15 bits per heavy atom. The van der Waals surface area contributed by atoms with Crippen molar-refractivity contribution in [2.24, 2.45) is 9.98 Å². The van der Waals surface area contributed by atoms with E-state index >= 15 is 0 Å². The number of aliphatic imine (C=N–C) groups is 2. The van der Waals surface area contributed by atoms with Crippen LogP contribution in [0.5, 0.6) is 0 Å². The van der Waals surface area contributed by atoms with E-state index in [1.54, 1.807) is 43.6 Å². The number of amidine groups is 1. The van der Waals surface area contributed by atoms with Gasteiger partial charge in [-0.1, -0.05) is 18.1 Å². The smallest absolute Gasteiger partial charge is 0.335 e. The highest BCUT2D eigenvalue weighted by Gasteiger charge is 2.24. The SMILES string of the molecule is C#Cc1cccc(NC2=Nc3cc(C(=O)O)ccc3/C(=C/N=CC)C2=N)c1. The molecule has 0 bridgehead atoms. The standard InChI is InChI=1S/C21H16N4O2/c1-3-13-6-5-7-15(10-13)24-20-19(22)17(12-23-4-2)16-9-8-14(21(26)27)11-18(16)25-20/h1,4-12,22H,2H3,(H,24,25)(H,26,27)/b17-12-,22-19?,23-4?. The van der Waals surface area contributed by atoms with Crippen LogP contribution in [0.15, 0.2) is 58.6 Å². The van der Waals surface area contributed by atoms with Gasteiger partial charge in [-0.15, -0.1) is 6.42 Å². The lowest BCUT2D eigenvalue weighted by molar-refractivity contribution is 0.0697. The van der Waals surface area contributed by atoms with Crippen LogP contribution in [0, 0.1) is 17.8 Å². The topological polar surface area (TPSA) is 97.9 Å². The monoisotopic (exact) mass is 356 g/mol. The molecule has 0 fully saturated rings. The first-order chi connectivity index (χ1) is 13.0. The van der Waals surface area contributed by atoms with Crippen LogP contribution in [0.3, 0.4) is 0 Å². The van der Waals surface area contributed by atoms with Gasteiger partial charge in [-0.25, -0.2) is 9.79 Å². The van der Waals surface area contributed by atoms with E-state index in [0.29, 0.717) is 28.1 Å². The van der Waals surface area contributed by atoms with Gasteiger partial charge in [-0.2, -0.15) is 0 Å². The summed E-state index contributed by atoms with van der Waals surface area (Å²) in [4.78, 5) is 19.9. The van der Waals surface area contributed by atoms with Crippen LogP contribution in [0.25, 0.3) is 5.57 Å². The number of nitrogens with zero attached hydrogens (tertiary/aromatic N) is 2. The van der Waals surface area contributed by atoms with E-state index in [1.807, 2.05) is 6.07 Å². The quantitative estimate of drug-likeness (QED) is 0.573. The molecule has 132 valence electrons. The first kappa shape index (κ1) is 17.8. The fourth-order valence-electron chi connectivity index (χ4n) is 2.62. The molecule has 2 aromatic carbocycles. The van der Waals surface area contributed by atoms with Gasteiger partial charge in [0.2, 0.25) is 0 Å². The molecule has 6 heteroatoms. The van der Waals surface area contributed by atoms with E-state index in [1.165, 1.54) is 12.1 Å². The van der Waals surface area contributed by atoms with Gasteiger partial charge in [-0.3, -0.25) is 10.4 Å². The largest absolute Gasteiger partial charge is 0.478 e. The molecule has 3 N–H and O–H groups in total. The molecule has 0 aromatic heterocycles. The van der Waals surface area contributed by atoms with Gasteiger partial charge in [0.05, 0.1) is 11.3 Å². The van der Waals surface area contributed by atoms with Crippen molar-refractivity contribution >= 4 is 40.7 Å². The van der Waals surface area contributed by atoms with Crippen LogP contribution in [-0.4, -0.2) is 28.8 Å². The number of terminal acetylenes is 1. The number of anilines is 1. The van der Waals surface area contributed by atoms with E-state index < -0.39 is 5.97 Å². The van der Waals surface area contributed by atoms with Gasteiger partial charge in [0.1, 0.15) is 5.71 Å². The van der Waals surface area contributed by atoms with Gasteiger partial charge < -0.3 is 10.4 Å². The second-order valence-electron chi connectivity index (χ2n) is 5.67. The molecule has 2 aromatic rings. The number of hydrogen-bond donors (Lipinski definition) is 3. The summed E-state index contributed by atoms with van der Waals surface area (Å²) in [5.41, 5.74) is 3.32. The van der Waals surface area contributed by atoms with E-state index in [4.69, 9.17) is 11.8 Å². The van der Waals surface area contributed by atoms with E-state index in [2.05, 4.69) is 21.2 Å². The first-order valence-electron chi connectivity index (χ1n) is 8.11. The molecule has 1 heterocycles. The maximum Gasteiger partial charge on any atom is 0.335 e. The van der Waals surface area contributed by atoms with Crippen molar-refractivity contribution < 1.29 is 9.90 Å². The van der Waals surface area contributed by atoms with Crippen LogP contribution in [-0.2, 0) is 0 Å². The molecule has 3 rings (SSSR count). The molecule has 0 radical (unpaired) electrons. The maximum absolute atomic E-state index is 11.3. The fraction of sp³-hybridized carbons (Fsp3) is 0.0476. The first-order valence-corrected chi connectivity index (χ1v) is 8.11. The van der Waals surface area contributed by atoms with Crippen LogP contribution in [0.4, 0.5) is 11.4 Å². The highest BCUT2D eigenvalue weighted by atomic mass is 16.4. The molecular formula is C21H16N4O2. The molecule has 0 amide bonds. The Morgan fingerprint density at radius 3 is 2.85 bits per heavy atom. The number of carboxylic acid groups (broad SMARTS) is 1. The summed E-state index contributed by atoms with van der Waals surface area (Å²) in [6.07, 6.45) is 8.61. The number of fused-ring (bicyclic) bond motifs is 1. The molecule has 1 aliphatic rings. The summed E-state index contributed by atoms with van der Waals surface area (Å²) in [5.74, 6) is 1.81. The lowest BCUT2D eigenvalue weighted by Crippen LogP contribution is -2.26. The Morgan fingerprint density at radius 1 is 1.33 bits per heavy atom. The van der Waals surface area contributed by atoms with Crippen molar-refractivity contribution in [2.45, 2.75) is 6.92 Å². The summed E-state index contributed by atoms with van der Waals surface area (Å²) in [6, 6.07) is 11.8. The van der Waals surface area contributed by atoms with Crippen LogP contribution < -0.4 is 5.32 Å². The number of carbonyl (C=O) groups is 1. The van der Waals surface area contributed by atoms with Crippen molar-refractivity contribution in [2.75, 3.05) is 5.32 Å². The van der Waals surface area contributed by atoms with Crippen molar-refractivity contribution in [3.63, 3.8) is 0 Å². The number of benzene rings is 2. The normalized spacial score (nSPS) is 14.6. The van der Waals surface area contributed by atoms with E-state index in [0.717, 1.165) is 0 Å². The second kappa shape index (κ2) is 7.50. The van der Waals surface area contributed by atoms with Gasteiger partial charge in [-0.05, 0) is 37.3 Å². The van der Waals surface area contributed by atoms with E-state index in [9.17, 15) is 9.90 Å². The van der Waals surface area contributed by atoms with Gasteiger partial charge in [0, 0.05) is 34.8 Å². The number of carboxylic acids is 1. The van der Waals surface area contributed by atoms with Crippen molar-refractivity contribution in [3.05, 3.63) is 65.4 Å². The summed E-state index contributed by atoms with van der Waals surface area (Å²) in [6.45, 7) is 1.77. The highest BCUT2D eigenvalue weighted by Crippen LogP contribution is 2.33. The number of hydrogen-bond acceptors (Lipinski definition) is 5. The minimum atomic E-state index is -1.04. The summed E-state index contributed by atoms with van der Waals surface area (Å²) < 4.78 is 0. The Kier molecular flexibility index (Phi) is 4.95. The highest BCUT2D eigenvalue weighted by molar-refractivity contribution is 6.60. The minimum Gasteiger partial charge on any atom is -0.478 e. The third-order valence-corrected chi connectivity index (χ3v) is 3.92. The van der Waals surface area contributed by atoms with Crippen LogP contribution in [0.2, 0.25) is 0 Å². The summed E-state index contributed by atoms with van der Waals surface area (Å²) >= 11 is 0. The fourth-order valence-corrected chi connectivity index (χ4v) is 2.62. The predicted octanol–water partition coefficient (Wildman–Crippen LogP) is 3.97. The Labute approximate surface area is 156 Å². The van der Waals surface area contributed by atoms with E-state index in [-0.39, 0.29) is 17.1 Å². The van der Waals surface area contributed by atoms with Gasteiger partial charge in [0.15, 0.2) is 5.84 Å². The van der Waals surface area contributed by atoms with Crippen molar-refractivity contribution in [1.29, 1.82) is 5.41 Å². The predicted molar refractivity (Wildman–Crippen MR) is 108 cm³/mol. The Balaban J connectivity index is 2.10. The molecule has 0 unspecified atom stereocenters. The molecule has 6 nitrogen and oxygen atoms in total. The minimum absolute atomic E-state index is 0.123. The van der Waals surface area contributed by atoms with Gasteiger partial charge >= 0.3 is 5.97 Å². The number of nitrogens with one attached hydrogen (secondary N) is 2. The molecule has 0 atom stereocenters. The Bertz CT molecular complexity index is 1070. The molecule has 27 heavy (non-hydrogen) atoms. The maximum atomic E-state index is 11.3. The molecule has 0 aliphatic carbocycles. The lowest BCUT2D eigenvalue weighted by Gasteiger charge is -2.20. The van der Waals surface area contributed by atoms with Gasteiger partial charge in [0.25, 0.3) is 0 Å². The second-order valence-corrected chi connectivity index (χ2v) is 5.67. The zero-order valence-electron chi connectivity index (χ0n) is 14.5. The molecule has 0 spiro atoms. The lowest BCUT2D eigenvalue weighted by atomic mass is 9.95. The third kappa shape index (κ3) is 3.67. The molecule has 0 saturated carbocycles. The molecule has 1 aliphatic heterocycles. The van der Waals surface area contributed by atoms with Crippen LogP contribution >= 0.6 is 0 Å². The summed E-state index contributed by atoms with van der Waals surface area (Å²) in [7, 11) is 0.